The summed E-state index contributed by atoms with van der Waals surface area (Å²) < 4.78 is 43.9. The molecule has 6 aliphatic heterocycles. The number of nitrogens with zero attached hydrogens (tertiary/aromatic N) is 6. The number of fused-ring (bicyclic) bond motifs is 6. The minimum atomic E-state index is -4.61. The Morgan fingerprint density at radius 3 is 0.829 bits per heavy atom. The molecule has 10 aromatic rings. The van der Waals surface area contributed by atoms with Crippen LogP contribution in [0.5, 0.6) is 0 Å². The van der Waals surface area contributed by atoms with Crippen LogP contribution in [0.1, 0.15) is 411 Å². The van der Waals surface area contributed by atoms with Crippen LogP contribution in [-0.4, -0.2) is 170 Å². The monoisotopic (exact) mass is 2530 g/mol. The van der Waals surface area contributed by atoms with Crippen LogP contribution < -0.4 is 9.25 Å². The van der Waals surface area contributed by atoms with Gasteiger partial charge in [0.2, 0.25) is 0 Å². The van der Waals surface area contributed by atoms with Gasteiger partial charge in [-0.2, -0.15) is 0 Å². The summed E-state index contributed by atoms with van der Waals surface area (Å²) in [6.07, 6.45) is 27.9. The molecular weight excluding hydrogens is 2400 g/mol. The molecule has 12 amide bonds. The van der Waals surface area contributed by atoms with Gasteiger partial charge in [-0.3, -0.25) is 67.5 Å². The molecule has 18 rings (SSSR count). The molecule has 0 fully saturated rings. The molecule has 0 radical (unpaired) electrons. The quantitative estimate of drug-likeness (QED) is 0.0118. The number of nitrogens with two attached hydrogens (primary N) is 1. The predicted octanol–water partition coefficient (Wildman–Crippen LogP) is 27.1. The molecule has 10 heterocycles. The van der Waals surface area contributed by atoms with Gasteiger partial charge < -0.3 is 0 Å². The molecule has 0 spiro atoms. The van der Waals surface area contributed by atoms with Crippen LogP contribution in [0.15, 0.2) is 78.9 Å². The van der Waals surface area contributed by atoms with E-state index in [0.29, 0.717) is 126 Å². The number of benzene rings is 6. The van der Waals surface area contributed by atoms with Crippen LogP contribution in [0.25, 0.3) is 72.7 Å². The molecule has 1 atom stereocenters. The van der Waals surface area contributed by atoms with Crippen LogP contribution in [0.4, 0.5) is 0 Å². The van der Waals surface area contributed by atoms with Gasteiger partial charge in [-0.25, -0.2) is 0 Å². The number of carbonyl (C=O) groups excluding carboxylic acids is 14. The summed E-state index contributed by atoms with van der Waals surface area (Å²) in [7, 11) is 0. The Kier molecular flexibility index (Phi) is 34.2. The second-order valence-electron chi connectivity index (χ2n) is 37.5. The Morgan fingerprint density at radius 1 is 0.314 bits per heavy atom. The minimum absolute atomic E-state index is 0.194. The normalized spacial score (nSPS) is 15.9. The predicted molar refractivity (Wildman–Crippen MR) is 596 cm³/mol. The first-order valence-electron chi connectivity index (χ1n) is 51.8. The van der Waals surface area contributed by atoms with E-state index in [-0.39, 0.29) is 121 Å². The van der Waals surface area contributed by atoms with Crippen molar-refractivity contribution in [3.05, 3.63) is 174 Å². The van der Waals surface area contributed by atoms with E-state index in [9.17, 15) is 70.2 Å². The zero-order chi connectivity index (χ0) is 103. The molecule has 6 aromatic carbocycles. The number of imide groups is 6. The van der Waals surface area contributed by atoms with Gasteiger partial charge in [0.05, 0.1) is 36.4 Å². The molecule has 8 aliphatic rings. The second-order valence-corrected chi connectivity index (χ2v) is 62.7. The van der Waals surface area contributed by atoms with Gasteiger partial charge >= 0.3 is 333 Å². The van der Waals surface area contributed by atoms with E-state index < -0.39 is 85.8 Å². The van der Waals surface area contributed by atoms with Gasteiger partial charge in [0, 0.05) is 124 Å². The molecule has 0 saturated heterocycles. The molecular formula is C108H122I4N8O15S4Sn. The number of carbonyl (C=O) groups is 14. The first kappa shape index (κ1) is 101. The molecule has 4 aromatic heterocycles. The van der Waals surface area contributed by atoms with Gasteiger partial charge in [0.1, 0.15) is 0 Å². The third-order valence-electron chi connectivity index (χ3n) is 28.4. The van der Waals surface area contributed by atoms with Gasteiger partial charge in [0.25, 0.3) is 47.3 Å². The third kappa shape index (κ3) is 20.5. The summed E-state index contributed by atoms with van der Waals surface area (Å²) in [6, 6.07) is 22.8. The summed E-state index contributed by atoms with van der Waals surface area (Å²) in [5.74, 6) is -5.05. The summed E-state index contributed by atoms with van der Waals surface area (Å²) in [4.78, 5) is 212. The van der Waals surface area contributed by atoms with Gasteiger partial charge in [-0.15, -0.1) is 45.3 Å². The van der Waals surface area contributed by atoms with Crippen molar-refractivity contribution in [3.8, 4) is 40.4 Å². The van der Waals surface area contributed by atoms with Crippen molar-refractivity contribution in [3.63, 3.8) is 0 Å². The van der Waals surface area contributed by atoms with Crippen LogP contribution in [0.2, 0.25) is 17.5 Å². The Balaban J connectivity index is 0.000000191. The molecule has 0 bridgehead atoms. The van der Waals surface area contributed by atoms with Gasteiger partial charge in [-0.1, -0.05) is 105 Å². The second kappa shape index (κ2) is 47.4. The average Bonchev–Trinajstić information content (AvgIpc) is 1.47. The zero-order valence-electron chi connectivity index (χ0n) is 84.9. The number of hydrogen-bond acceptors (Lipinski definition) is 19. The number of ketones is 2. The van der Waals surface area contributed by atoms with E-state index in [0.717, 1.165) is 195 Å². The van der Waals surface area contributed by atoms with E-state index >= 15 is 0 Å². The van der Waals surface area contributed by atoms with Crippen molar-refractivity contribution >= 4 is 270 Å². The van der Waals surface area contributed by atoms with Crippen molar-refractivity contribution < 1.29 is 74.4 Å². The number of hydrogen-bond donors (Lipinski definition) is 2. The van der Waals surface area contributed by atoms with Crippen molar-refractivity contribution in [2.45, 2.75) is 268 Å². The van der Waals surface area contributed by atoms with E-state index in [1.807, 2.05) is 12.1 Å². The Bertz CT molecular complexity index is 6620. The maximum atomic E-state index is 15.0. The number of amides is 12. The van der Waals surface area contributed by atoms with Crippen molar-refractivity contribution in [1.82, 2.24) is 31.1 Å². The fraction of sp³-hybridized carbons (Fsp3) is 0.444. The van der Waals surface area contributed by atoms with Crippen LogP contribution >= 0.6 is 134 Å². The average molecular weight is 2530 g/mol. The summed E-state index contributed by atoms with van der Waals surface area (Å²) in [5, 5.41) is 2.26. The van der Waals surface area contributed by atoms with E-state index in [4.69, 9.17) is 4.83 Å². The van der Waals surface area contributed by atoms with Gasteiger partial charge in [-0.05, 0) is 132 Å². The Hall–Kier alpha value is -7.48. The number of rotatable bonds is 44. The number of thiophene rings is 4. The fourth-order valence-corrected chi connectivity index (χ4v) is 44.3. The van der Waals surface area contributed by atoms with E-state index in [1.54, 1.807) is 83.3 Å². The van der Waals surface area contributed by atoms with Crippen LogP contribution in [-0.2, 0) is 3.07 Å². The standard InChI is InChI=1S/C61H60N4O9S2.C26H29N2O4.C9H2I2OS2.3C4H9.H4I2N2O.Sn/c1-5-9-13-17-25-62-54(67)33-21-23-35-47-45(33)39(58(62)71)29-37(49(47)60(73)64(56(35)69)27-19-15-11-7-3)43-31-41-51(66)42-32-44(76-53(42)52(41)75-43)38-30-40-46-34(55(68)63(59(40)72)26-18-14-10-6-2)22-24-36-48(46)50(38)61(74)65(57(36)70)28-20-16-12-8-4;1-3-5-7-9-15-27-23(29)17-11-13-19-22-20(14-12-18(21(17)22)24(27)30)26(32)28(25(19)31)16-10-8-6-4-2;10-5-1-3-7(12)4-2-6(11)14-9(4)8(3)13-5;3*1-3-4-2;1-4-2(3)5;/h21-24,29-32H,5-20,25-28H2,1-4H3;11-13H,3-10,15-16H2,1-2H3;1-2H;3*1,3-4H2,2H3;2H,(H3,3,4,5);/i;;;;;;2D;/hTD2. The zero-order valence-corrected chi connectivity index (χ0v) is 95.7. The Labute approximate surface area is 892 Å². The topological polar surface area (TPSA) is 314 Å². The van der Waals surface area contributed by atoms with Crippen LogP contribution in [0.3, 0.4) is 0 Å². The van der Waals surface area contributed by atoms with Crippen molar-refractivity contribution in [1.29, 1.82) is 0.594 Å². The fourth-order valence-electron chi connectivity index (χ4n) is 21.1. The van der Waals surface area contributed by atoms with Crippen LogP contribution in [0, 0.1) is 5.77 Å². The summed E-state index contributed by atoms with van der Waals surface area (Å²) >= 11 is 3.88. The molecule has 140 heavy (non-hydrogen) atoms. The molecule has 23 nitrogen and oxygen atoms in total. The maximum absolute atomic E-state index is 15.0. The molecule has 740 valence electrons. The summed E-state index contributed by atoms with van der Waals surface area (Å²) in [5.41, 5.74) is 7.35. The summed E-state index contributed by atoms with van der Waals surface area (Å²) in [6.45, 7) is 21.0. The SMILES string of the molecule is CCCCCCN1C(=O)c2ccc3c4c([c]([Sn]([CH2]CCC)([CH2]CCC)[CH2]CCC)cc(c24)C1=O)C(=O)N(CCCCCC)C3=O.CCCCCCN1C(=O)c2ccc3c4c(c(-c5cc6c(s5)-c5sc(-c7cc8c9c(ccc%10c9c7C(=O)N(CCCCCC)C%10=O)C(=O)N(CCCCCC)C8=O)cc5C6=O)cc(c24)C1=O)C(=O)N(CCCCCC)C3=O.O=C1c2cc(I)sc2-c2sc(I)cc21.[2H]N([3H])I([2H])(=O)N([2H])I. The molecule has 2 aliphatic carbocycles. The molecule has 32 heteroatoms. The number of halogens is 4. The molecule has 0 saturated carbocycles. The number of nitrogens with one attached hydrogen (secondary N) is 1. The Morgan fingerprint density at radius 2 is 0.557 bits per heavy atom. The van der Waals surface area contributed by atoms with E-state index in [2.05, 4.69) is 114 Å². The first-order valence-corrected chi connectivity index (χ1v) is 66.7. The van der Waals surface area contributed by atoms with Crippen molar-refractivity contribution in [2.75, 3.05) is 39.3 Å². The van der Waals surface area contributed by atoms with E-state index in [1.165, 1.54) is 90.5 Å². The molecule has 1 unspecified atom stereocenters. The first-order chi connectivity index (χ1) is 69.2. The number of unbranched alkanes of at least 4 members (excludes halogenated alkanes) is 21. The molecule has 3 N–H and O–H groups in total. The third-order valence-corrected chi connectivity index (χ3v) is 52.8. The van der Waals surface area contributed by atoms with Gasteiger partial charge in [0.15, 0.2) is 11.6 Å². The van der Waals surface area contributed by atoms with Crippen molar-refractivity contribution in [2.24, 2.45) is 3.93 Å².